The first kappa shape index (κ1) is 15.4. The zero-order valence-electron chi connectivity index (χ0n) is 12.8. The Morgan fingerprint density at radius 2 is 1.78 bits per heavy atom. The minimum Gasteiger partial charge on any atom is -0.496 e. The van der Waals surface area contributed by atoms with Crippen molar-refractivity contribution in [3.63, 3.8) is 0 Å². The third-order valence-corrected chi connectivity index (χ3v) is 4.08. The van der Waals surface area contributed by atoms with E-state index in [0.29, 0.717) is 16.3 Å². The van der Waals surface area contributed by atoms with Gasteiger partial charge in [-0.3, -0.25) is 0 Å². The Morgan fingerprint density at radius 1 is 1.00 bits per heavy atom. The van der Waals surface area contributed by atoms with Crippen molar-refractivity contribution >= 4 is 28.3 Å². The van der Waals surface area contributed by atoms with Gasteiger partial charge in [-0.2, -0.15) is 0 Å². The molecule has 3 rings (SSSR count). The highest BCUT2D eigenvalue weighted by molar-refractivity contribution is 6.34. The first-order valence-corrected chi connectivity index (χ1v) is 7.47. The van der Waals surface area contributed by atoms with Crippen molar-refractivity contribution in [2.45, 2.75) is 0 Å². The zero-order chi connectivity index (χ0) is 16.4. The van der Waals surface area contributed by atoms with Crippen LogP contribution in [0.2, 0.25) is 5.02 Å². The Balaban J connectivity index is 2.32. The normalized spacial score (nSPS) is 10.6. The molecule has 0 unspecified atom stereocenters. The molecule has 0 N–H and O–H groups in total. The van der Waals surface area contributed by atoms with Gasteiger partial charge in [0.15, 0.2) is 0 Å². The van der Waals surface area contributed by atoms with Gasteiger partial charge in [0.05, 0.1) is 24.8 Å². The maximum Gasteiger partial charge on any atom is 0.337 e. The van der Waals surface area contributed by atoms with Crippen LogP contribution in [0.1, 0.15) is 10.4 Å². The monoisotopic (exact) mass is 326 g/mol. The van der Waals surface area contributed by atoms with Gasteiger partial charge in [-0.05, 0) is 40.6 Å². The third-order valence-electron chi connectivity index (χ3n) is 3.77. The van der Waals surface area contributed by atoms with E-state index in [4.69, 9.17) is 21.1 Å². The number of hydrogen-bond donors (Lipinski definition) is 0. The van der Waals surface area contributed by atoms with E-state index in [-0.39, 0.29) is 5.97 Å². The van der Waals surface area contributed by atoms with E-state index >= 15 is 0 Å². The van der Waals surface area contributed by atoms with Gasteiger partial charge in [-0.15, -0.1) is 0 Å². The molecule has 23 heavy (non-hydrogen) atoms. The standard InChI is InChI=1S/C19H15ClO3/c1-22-17-8-4-7-16(20)18(17)14-6-3-5-12-9-10-13(11-15(12)14)19(21)23-2/h3-11H,1-2H3. The molecule has 3 aromatic carbocycles. The lowest BCUT2D eigenvalue weighted by Crippen LogP contribution is -2.00. The molecular weight excluding hydrogens is 312 g/mol. The summed E-state index contributed by atoms with van der Waals surface area (Å²) in [5.74, 6) is 0.321. The molecule has 0 fully saturated rings. The van der Waals surface area contributed by atoms with Crippen molar-refractivity contribution in [1.29, 1.82) is 0 Å². The molecule has 4 heteroatoms. The second-order valence-electron chi connectivity index (χ2n) is 5.05. The van der Waals surface area contributed by atoms with Crippen molar-refractivity contribution in [3.05, 3.63) is 65.2 Å². The fourth-order valence-corrected chi connectivity index (χ4v) is 2.94. The molecule has 0 aliphatic carbocycles. The molecule has 0 heterocycles. The first-order valence-electron chi connectivity index (χ1n) is 7.09. The van der Waals surface area contributed by atoms with E-state index in [0.717, 1.165) is 21.9 Å². The molecule has 0 spiro atoms. The Morgan fingerprint density at radius 3 is 2.52 bits per heavy atom. The summed E-state index contributed by atoms with van der Waals surface area (Å²) in [6.45, 7) is 0. The Labute approximate surface area is 139 Å². The number of hydrogen-bond acceptors (Lipinski definition) is 3. The summed E-state index contributed by atoms with van der Waals surface area (Å²) in [5, 5.41) is 2.53. The lowest BCUT2D eigenvalue weighted by atomic mass is 9.96. The smallest absolute Gasteiger partial charge is 0.337 e. The summed E-state index contributed by atoms with van der Waals surface area (Å²) in [5.41, 5.74) is 2.22. The van der Waals surface area contributed by atoms with Crippen molar-refractivity contribution in [2.75, 3.05) is 14.2 Å². The average Bonchev–Trinajstić information content (AvgIpc) is 2.60. The van der Waals surface area contributed by atoms with Crippen molar-refractivity contribution < 1.29 is 14.3 Å². The summed E-state index contributed by atoms with van der Waals surface area (Å²) in [4.78, 5) is 11.8. The second-order valence-corrected chi connectivity index (χ2v) is 5.46. The minimum absolute atomic E-state index is 0.368. The minimum atomic E-state index is -0.368. The first-order chi connectivity index (χ1) is 11.2. The van der Waals surface area contributed by atoms with E-state index in [1.165, 1.54) is 7.11 Å². The molecule has 3 nitrogen and oxygen atoms in total. The molecule has 0 amide bonds. The number of halogens is 1. The van der Waals surface area contributed by atoms with Crippen molar-refractivity contribution in [2.24, 2.45) is 0 Å². The molecule has 0 bridgehead atoms. The number of carbonyl (C=O) groups is 1. The molecular formula is C19H15ClO3. The maximum absolute atomic E-state index is 11.8. The fourth-order valence-electron chi connectivity index (χ4n) is 2.67. The van der Waals surface area contributed by atoms with E-state index in [1.807, 2.05) is 48.5 Å². The number of fused-ring (bicyclic) bond motifs is 1. The van der Waals surface area contributed by atoms with Gasteiger partial charge < -0.3 is 9.47 Å². The number of benzene rings is 3. The molecule has 0 atom stereocenters. The van der Waals surface area contributed by atoms with Crippen LogP contribution in [-0.4, -0.2) is 20.2 Å². The van der Waals surface area contributed by atoms with E-state index < -0.39 is 0 Å². The maximum atomic E-state index is 11.8. The van der Waals surface area contributed by atoms with Gasteiger partial charge in [0.25, 0.3) is 0 Å². The van der Waals surface area contributed by atoms with Crippen LogP contribution in [0, 0.1) is 0 Å². The fraction of sp³-hybridized carbons (Fsp3) is 0.105. The topological polar surface area (TPSA) is 35.5 Å². The summed E-state index contributed by atoms with van der Waals surface area (Å²) >= 11 is 6.40. The van der Waals surface area contributed by atoms with Gasteiger partial charge in [0.1, 0.15) is 5.75 Å². The van der Waals surface area contributed by atoms with Crippen LogP contribution in [0.25, 0.3) is 21.9 Å². The van der Waals surface area contributed by atoms with Gasteiger partial charge in [0, 0.05) is 5.56 Å². The van der Waals surface area contributed by atoms with Crippen LogP contribution in [0.15, 0.2) is 54.6 Å². The Bertz CT molecular complexity index is 887. The number of rotatable bonds is 3. The molecule has 0 saturated carbocycles. The number of esters is 1. The van der Waals surface area contributed by atoms with Crippen LogP contribution >= 0.6 is 11.6 Å². The number of carbonyl (C=O) groups excluding carboxylic acids is 1. The largest absolute Gasteiger partial charge is 0.496 e. The molecule has 116 valence electrons. The quantitative estimate of drug-likeness (QED) is 0.638. The SMILES string of the molecule is COC(=O)c1ccc2cccc(-c3c(Cl)cccc3OC)c2c1. The van der Waals surface area contributed by atoms with Crippen LogP contribution in [0.4, 0.5) is 0 Å². The van der Waals surface area contributed by atoms with Gasteiger partial charge in [-0.25, -0.2) is 4.79 Å². The zero-order valence-corrected chi connectivity index (χ0v) is 13.6. The molecule has 0 saturated heterocycles. The highest BCUT2D eigenvalue weighted by atomic mass is 35.5. The van der Waals surface area contributed by atoms with Crippen molar-refractivity contribution in [3.8, 4) is 16.9 Å². The lowest BCUT2D eigenvalue weighted by Gasteiger charge is -2.13. The average molecular weight is 327 g/mol. The summed E-state index contributed by atoms with van der Waals surface area (Å²) in [6.07, 6.45) is 0. The summed E-state index contributed by atoms with van der Waals surface area (Å²) in [7, 11) is 2.98. The predicted octanol–water partition coefficient (Wildman–Crippen LogP) is 4.96. The molecule has 0 aliphatic heterocycles. The van der Waals surface area contributed by atoms with Gasteiger partial charge >= 0.3 is 5.97 Å². The molecule has 0 aliphatic rings. The van der Waals surface area contributed by atoms with Gasteiger partial charge in [0.2, 0.25) is 0 Å². The van der Waals surface area contributed by atoms with E-state index in [1.54, 1.807) is 13.2 Å². The highest BCUT2D eigenvalue weighted by Crippen LogP contribution is 2.40. The van der Waals surface area contributed by atoms with Crippen molar-refractivity contribution in [1.82, 2.24) is 0 Å². The third kappa shape index (κ3) is 2.76. The molecule has 3 aromatic rings. The molecule has 0 aromatic heterocycles. The Hall–Kier alpha value is -2.52. The number of methoxy groups -OCH3 is 2. The van der Waals surface area contributed by atoms with E-state index in [2.05, 4.69) is 0 Å². The predicted molar refractivity (Wildman–Crippen MR) is 92.3 cm³/mol. The van der Waals surface area contributed by atoms with Crippen LogP contribution in [-0.2, 0) is 4.74 Å². The summed E-state index contributed by atoms with van der Waals surface area (Å²) < 4.78 is 10.3. The molecule has 0 radical (unpaired) electrons. The van der Waals surface area contributed by atoms with Crippen LogP contribution in [0.5, 0.6) is 5.75 Å². The van der Waals surface area contributed by atoms with Gasteiger partial charge in [-0.1, -0.05) is 41.9 Å². The van der Waals surface area contributed by atoms with E-state index in [9.17, 15) is 4.79 Å². The second kappa shape index (κ2) is 6.31. The highest BCUT2D eigenvalue weighted by Gasteiger charge is 2.14. The number of ether oxygens (including phenoxy) is 2. The Kier molecular flexibility index (Phi) is 4.22. The van der Waals surface area contributed by atoms with Crippen LogP contribution < -0.4 is 4.74 Å². The van der Waals surface area contributed by atoms with Crippen LogP contribution in [0.3, 0.4) is 0 Å². The summed E-state index contributed by atoms with van der Waals surface area (Å²) in [6, 6.07) is 16.9. The lowest BCUT2D eigenvalue weighted by molar-refractivity contribution is 0.0601.